The second-order valence-corrected chi connectivity index (χ2v) is 7.56. The maximum atomic E-state index is 11.7. The number of nitrogens with one attached hydrogen (secondary N) is 1. The number of anilines is 1. The molecular formula is C11H19N3O3S. The fraction of sp³-hybridized carbons (Fsp3) is 0.636. The van der Waals surface area contributed by atoms with E-state index >= 15 is 0 Å². The number of hydrogen-bond acceptors (Lipinski definition) is 4. The molecule has 0 unspecified atom stereocenters. The topological polar surface area (TPSA) is 81.1 Å². The molecule has 6 nitrogen and oxygen atoms in total. The number of rotatable bonds is 4. The van der Waals surface area contributed by atoms with Gasteiger partial charge in [-0.3, -0.25) is 9.48 Å². The molecular weight excluding hydrogens is 254 g/mol. The molecule has 0 atom stereocenters. The Labute approximate surface area is 107 Å². The molecule has 1 amide bonds. The van der Waals surface area contributed by atoms with Crippen LogP contribution in [-0.2, 0) is 21.2 Å². The van der Waals surface area contributed by atoms with Crippen LogP contribution in [0, 0.1) is 5.41 Å². The van der Waals surface area contributed by atoms with Crippen LogP contribution >= 0.6 is 0 Å². The van der Waals surface area contributed by atoms with Crippen LogP contribution in [0.25, 0.3) is 0 Å². The summed E-state index contributed by atoms with van der Waals surface area (Å²) in [7, 11) is -3.01. The SMILES string of the molecule is CC(C)(C)C(=O)Nc1ccn(CCS(C)(=O)=O)n1. The van der Waals surface area contributed by atoms with Crippen molar-refractivity contribution < 1.29 is 13.2 Å². The average molecular weight is 273 g/mol. The van der Waals surface area contributed by atoms with E-state index in [1.54, 1.807) is 12.3 Å². The Hall–Kier alpha value is -1.37. The van der Waals surface area contributed by atoms with Gasteiger partial charge in [-0.2, -0.15) is 5.10 Å². The number of sulfone groups is 1. The lowest BCUT2D eigenvalue weighted by atomic mass is 9.96. The molecule has 1 aromatic rings. The highest BCUT2D eigenvalue weighted by molar-refractivity contribution is 7.90. The highest BCUT2D eigenvalue weighted by Gasteiger charge is 2.21. The van der Waals surface area contributed by atoms with E-state index in [9.17, 15) is 13.2 Å². The molecule has 0 saturated heterocycles. The molecule has 0 spiro atoms. The van der Waals surface area contributed by atoms with Gasteiger partial charge in [0.05, 0.1) is 12.3 Å². The summed E-state index contributed by atoms with van der Waals surface area (Å²) in [6, 6.07) is 1.64. The molecule has 0 radical (unpaired) electrons. The summed E-state index contributed by atoms with van der Waals surface area (Å²) in [5.41, 5.74) is -0.490. The van der Waals surface area contributed by atoms with Crippen LogP contribution in [-0.4, -0.2) is 36.1 Å². The summed E-state index contributed by atoms with van der Waals surface area (Å²) in [5.74, 6) is 0.334. The highest BCUT2D eigenvalue weighted by Crippen LogP contribution is 2.16. The predicted molar refractivity (Wildman–Crippen MR) is 70.0 cm³/mol. The molecule has 0 aromatic carbocycles. The summed E-state index contributed by atoms with van der Waals surface area (Å²) in [4.78, 5) is 11.7. The summed E-state index contributed by atoms with van der Waals surface area (Å²) in [5, 5.41) is 6.77. The van der Waals surface area contributed by atoms with E-state index in [1.807, 2.05) is 20.8 Å². The Morgan fingerprint density at radius 3 is 2.56 bits per heavy atom. The fourth-order valence-electron chi connectivity index (χ4n) is 1.12. The second kappa shape index (κ2) is 5.09. The van der Waals surface area contributed by atoms with Crippen LogP contribution in [0.5, 0.6) is 0 Å². The molecule has 1 N–H and O–H groups in total. The van der Waals surface area contributed by atoms with Crippen LogP contribution < -0.4 is 5.32 Å². The lowest BCUT2D eigenvalue weighted by molar-refractivity contribution is -0.123. The summed E-state index contributed by atoms with van der Waals surface area (Å²) < 4.78 is 23.5. The molecule has 0 saturated carbocycles. The van der Waals surface area contributed by atoms with E-state index in [-0.39, 0.29) is 18.2 Å². The number of aromatic nitrogens is 2. The molecule has 7 heteroatoms. The van der Waals surface area contributed by atoms with Crippen LogP contribution in [0.15, 0.2) is 12.3 Å². The Morgan fingerprint density at radius 1 is 1.44 bits per heavy atom. The van der Waals surface area contributed by atoms with Gasteiger partial charge in [-0.15, -0.1) is 0 Å². The van der Waals surface area contributed by atoms with Gasteiger partial charge in [0.15, 0.2) is 5.82 Å². The largest absolute Gasteiger partial charge is 0.309 e. The van der Waals surface area contributed by atoms with Gasteiger partial charge in [-0.05, 0) is 0 Å². The molecule has 102 valence electrons. The fourth-order valence-corrected chi connectivity index (χ4v) is 1.63. The maximum Gasteiger partial charge on any atom is 0.230 e. The lowest BCUT2D eigenvalue weighted by Gasteiger charge is -2.16. The van der Waals surface area contributed by atoms with Crippen molar-refractivity contribution in [3.05, 3.63) is 12.3 Å². The molecule has 1 heterocycles. The van der Waals surface area contributed by atoms with Crippen LogP contribution in [0.2, 0.25) is 0 Å². The van der Waals surface area contributed by atoms with Crippen molar-refractivity contribution in [2.24, 2.45) is 5.41 Å². The van der Waals surface area contributed by atoms with E-state index in [0.29, 0.717) is 5.82 Å². The first-order chi connectivity index (χ1) is 8.08. The normalized spacial score (nSPS) is 12.4. The Kier molecular flexibility index (Phi) is 4.16. The van der Waals surface area contributed by atoms with Gasteiger partial charge in [0.2, 0.25) is 5.91 Å². The van der Waals surface area contributed by atoms with Crippen LogP contribution in [0.3, 0.4) is 0 Å². The predicted octanol–water partition coefficient (Wildman–Crippen LogP) is 0.912. The van der Waals surface area contributed by atoms with E-state index in [0.717, 1.165) is 0 Å². The van der Waals surface area contributed by atoms with Crippen molar-refractivity contribution in [2.75, 3.05) is 17.3 Å². The molecule has 1 rings (SSSR count). The highest BCUT2D eigenvalue weighted by atomic mass is 32.2. The molecule has 0 aliphatic rings. The first-order valence-electron chi connectivity index (χ1n) is 5.60. The summed E-state index contributed by atoms with van der Waals surface area (Å²) in [6.07, 6.45) is 2.82. The number of amides is 1. The molecule has 1 aromatic heterocycles. The molecule has 0 fully saturated rings. The first kappa shape index (κ1) is 14.7. The van der Waals surface area contributed by atoms with Crippen molar-refractivity contribution >= 4 is 21.6 Å². The van der Waals surface area contributed by atoms with E-state index in [4.69, 9.17) is 0 Å². The minimum atomic E-state index is -3.01. The summed E-state index contributed by atoms with van der Waals surface area (Å²) in [6.45, 7) is 5.71. The van der Waals surface area contributed by atoms with Gasteiger partial charge in [-0.1, -0.05) is 20.8 Å². The van der Waals surface area contributed by atoms with Gasteiger partial charge < -0.3 is 5.32 Å². The zero-order valence-corrected chi connectivity index (χ0v) is 11.9. The van der Waals surface area contributed by atoms with Gasteiger partial charge in [-0.25, -0.2) is 8.42 Å². The van der Waals surface area contributed by atoms with Crippen molar-refractivity contribution in [1.82, 2.24) is 9.78 Å². The Morgan fingerprint density at radius 2 is 2.06 bits per heavy atom. The second-order valence-electron chi connectivity index (χ2n) is 5.30. The van der Waals surface area contributed by atoms with Gasteiger partial charge in [0.1, 0.15) is 9.84 Å². The van der Waals surface area contributed by atoms with Crippen molar-refractivity contribution in [3.8, 4) is 0 Å². The number of carbonyl (C=O) groups is 1. The zero-order chi connectivity index (χ0) is 14.0. The first-order valence-corrected chi connectivity index (χ1v) is 7.66. The number of carbonyl (C=O) groups excluding carboxylic acids is 1. The monoisotopic (exact) mass is 273 g/mol. The smallest absolute Gasteiger partial charge is 0.230 e. The van der Waals surface area contributed by atoms with E-state index < -0.39 is 15.3 Å². The van der Waals surface area contributed by atoms with E-state index in [1.165, 1.54) is 10.9 Å². The Bertz CT molecular complexity index is 526. The van der Waals surface area contributed by atoms with E-state index in [2.05, 4.69) is 10.4 Å². The third-order valence-electron chi connectivity index (χ3n) is 2.25. The number of hydrogen-bond donors (Lipinski definition) is 1. The zero-order valence-electron chi connectivity index (χ0n) is 11.1. The molecule has 0 bridgehead atoms. The minimum absolute atomic E-state index is 0.0291. The average Bonchev–Trinajstić information content (AvgIpc) is 2.60. The van der Waals surface area contributed by atoms with Crippen LogP contribution in [0.4, 0.5) is 5.82 Å². The quantitative estimate of drug-likeness (QED) is 0.884. The van der Waals surface area contributed by atoms with Crippen molar-refractivity contribution in [3.63, 3.8) is 0 Å². The minimum Gasteiger partial charge on any atom is -0.309 e. The van der Waals surface area contributed by atoms with Crippen molar-refractivity contribution in [1.29, 1.82) is 0 Å². The molecule has 0 aliphatic carbocycles. The third-order valence-corrected chi connectivity index (χ3v) is 3.18. The molecule has 0 aliphatic heterocycles. The van der Waals surface area contributed by atoms with Gasteiger partial charge >= 0.3 is 0 Å². The standard InChI is InChI=1S/C11H19N3O3S/c1-11(2,3)10(15)12-9-5-6-14(13-9)7-8-18(4,16)17/h5-6H,7-8H2,1-4H3,(H,12,13,15). The third kappa shape index (κ3) is 4.87. The maximum absolute atomic E-state index is 11.7. The lowest BCUT2D eigenvalue weighted by Crippen LogP contribution is -2.27. The van der Waals surface area contributed by atoms with Crippen molar-refractivity contribution in [2.45, 2.75) is 27.3 Å². The Balaban J connectivity index is 2.62. The molecule has 18 heavy (non-hydrogen) atoms. The number of aryl methyl sites for hydroxylation is 1. The van der Waals surface area contributed by atoms with Gasteiger partial charge in [0.25, 0.3) is 0 Å². The summed E-state index contributed by atoms with van der Waals surface area (Å²) >= 11 is 0. The number of nitrogens with zero attached hydrogens (tertiary/aromatic N) is 2. The van der Waals surface area contributed by atoms with Crippen LogP contribution in [0.1, 0.15) is 20.8 Å². The van der Waals surface area contributed by atoms with Gasteiger partial charge in [0, 0.05) is 23.9 Å².